The molecule has 7 nitrogen and oxygen atoms in total. The third-order valence-corrected chi connectivity index (χ3v) is 4.49. The zero-order valence-corrected chi connectivity index (χ0v) is 13.1. The molecule has 9 heteroatoms. The van der Waals surface area contributed by atoms with Crippen LogP contribution in [0.2, 0.25) is 0 Å². The van der Waals surface area contributed by atoms with Gasteiger partial charge in [-0.25, -0.2) is 9.48 Å². The van der Waals surface area contributed by atoms with Crippen LogP contribution in [-0.2, 0) is 13.6 Å². The van der Waals surface area contributed by atoms with Gasteiger partial charge in [-0.2, -0.15) is 10.1 Å². The minimum atomic E-state index is -0.207. The third-order valence-electron chi connectivity index (χ3n) is 2.80. The summed E-state index contributed by atoms with van der Waals surface area (Å²) in [4.78, 5) is 17.0. The van der Waals surface area contributed by atoms with Gasteiger partial charge in [-0.15, -0.1) is 11.3 Å². The Morgan fingerprint density at radius 2 is 2.30 bits per heavy atom. The van der Waals surface area contributed by atoms with Crippen LogP contribution in [0.5, 0.6) is 0 Å². The van der Waals surface area contributed by atoms with Crippen molar-refractivity contribution in [3.8, 4) is 10.7 Å². The van der Waals surface area contributed by atoms with Gasteiger partial charge < -0.3 is 4.52 Å². The van der Waals surface area contributed by atoms with E-state index in [4.69, 9.17) is 4.52 Å². The fourth-order valence-corrected chi connectivity index (χ4v) is 3.03. The average molecular weight is 356 g/mol. The molecule has 0 amide bonds. The number of hydrogen-bond acceptors (Lipinski definition) is 6. The number of rotatable bonds is 3. The van der Waals surface area contributed by atoms with Crippen LogP contribution in [0.1, 0.15) is 11.7 Å². The van der Waals surface area contributed by atoms with Gasteiger partial charge in [-0.3, -0.25) is 4.57 Å². The molecule has 0 unspecified atom stereocenters. The quantitative estimate of drug-likeness (QED) is 0.715. The van der Waals surface area contributed by atoms with Crippen molar-refractivity contribution in [1.82, 2.24) is 24.5 Å². The summed E-state index contributed by atoms with van der Waals surface area (Å²) in [5, 5.41) is 9.98. The summed E-state index contributed by atoms with van der Waals surface area (Å²) in [7, 11) is 1.67. The third kappa shape index (κ3) is 2.34. The van der Waals surface area contributed by atoms with Gasteiger partial charge in [0.2, 0.25) is 11.7 Å². The molecule has 0 atom stereocenters. The maximum Gasteiger partial charge on any atom is 0.346 e. The predicted octanol–water partition coefficient (Wildman–Crippen LogP) is 1.81. The predicted molar refractivity (Wildman–Crippen MR) is 76.6 cm³/mol. The van der Waals surface area contributed by atoms with E-state index in [9.17, 15) is 4.79 Å². The molecule has 20 heavy (non-hydrogen) atoms. The molecule has 3 aromatic rings. The minimum Gasteiger partial charge on any atom is -0.337 e. The van der Waals surface area contributed by atoms with Crippen molar-refractivity contribution in [2.45, 2.75) is 13.5 Å². The van der Waals surface area contributed by atoms with Gasteiger partial charge in [-0.05, 0) is 28.9 Å². The molecule has 0 radical (unpaired) electrons. The Kier molecular flexibility index (Phi) is 3.30. The number of hydrogen-bond donors (Lipinski definition) is 0. The molecule has 0 saturated carbocycles. The average Bonchev–Trinajstić information content (AvgIpc) is 3.09. The Morgan fingerprint density at radius 1 is 1.50 bits per heavy atom. The molecule has 0 aliphatic carbocycles. The highest BCUT2D eigenvalue weighted by Gasteiger charge is 2.14. The van der Waals surface area contributed by atoms with E-state index in [-0.39, 0.29) is 12.2 Å². The number of aryl methyl sites for hydroxylation is 1. The highest BCUT2D eigenvalue weighted by molar-refractivity contribution is 9.10. The van der Waals surface area contributed by atoms with Crippen molar-refractivity contribution < 1.29 is 4.52 Å². The number of thiophene rings is 1. The first-order valence-corrected chi connectivity index (χ1v) is 7.39. The van der Waals surface area contributed by atoms with Gasteiger partial charge in [0.05, 0.1) is 4.88 Å². The van der Waals surface area contributed by atoms with E-state index in [2.05, 4.69) is 31.2 Å². The van der Waals surface area contributed by atoms with Crippen molar-refractivity contribution in [2.24, 2.45) is 7.05 Å². The Bertz CT molecular complexity index is 815. The summed E-state index contributed by atoms with van der Waals surface area (Å²) < 4.78 is 8.90. The van der Waals surface area contributed by atoms with Gasteiger partial charge in [-0.1, -0.05) is 5.16 Å². The van der Waals surface area contributed by atoms with Crippen LogP contribution in [0.25, 0.3) is 10.7 Å². The largest absolute Gasteiger partial charge is 0.346 e. The molecule has 0 saturated heterocycles. The van der Waals surface area contributed by atoms with E-state index in [1.807, 2.05) is 11.4 Å². The molecule has 3 aromatic heterocycles. The Labute approximate surface area is 126 Å². The van der Waals surface area contributed by atoms with Gasteiger partial charge in [0.25, 0.3) is 0 Å². The molecule has 0 aliphatic rings. The minimum absolute atomic E-state index is 0.167. The van der Waals surface area contributed by atoms with Crippen molar-refractivity contribution >= 4 is 27.3 Å². The molecular formula is C11H10BrN5O2S. The summed E-state index contributed by atoms with van der Waals surface area (Å²) in [5.74, 6) is 1.50. The van der Waals surface area contributed by atoms with Crippen LogP contribution in [0, 0.1) is 6.92 Å². The van der Waals surface area contributed by atoms with Gasteiger partial charge >= 0.3 is 5.69 Å². The summed E-state index contributed by atoms with van der Waals surface area (Å²) in [6.45, 7) is 1.93. The van der Waals surface area contributed by atoms with E-state index in [0.29, 0.717) is 17.5 Å². The number of aromatic nitrogens is 5. The molecule has 0 aromatic carbocycles. The first-order chi connectivity index (χ1) is 9.54. The van der Waals surface area contributed by atoms with Crippen LogP contribution in [0.15, 0.2) is 25.2 Å². The first kappa shape index (κ1) is 13.3. The normalized spacial score (nSPS) is 11.2. The zero-order valence-electron chi connectivity index (χ0n) is 10.7. The second-order valence-corrected chi connectivity index (χ2v) is 6.01. The molecule has 0 N–H and O–H groups in total. The van der Waals surface area contributed by atoms with Gasteiger partial charge in [0, 0.05) is 16.9 Å². The van der Waals surface area contributed by atoms with E-state index in [0.717, 1.165) is 9.35 Å². The highest BCUT2D eigenvalue weighted by atomic mass is 79.9. The summed E-state index contributed by atoms with van der Waals surface area (Å²) in [6, 6.07) is 1.91. The molecule has 0 aliphatic heterocycles. The van der Waals surface area contributed by atoms with E-state index in [1.165, 1.54) is 20.6 Å². The van der Waals surface area contributed by atoms with E-state index >= 15 is 0 Å². The smallest absolute Gasteiger partial charge is 0.337 e. The monoisotopic (exact) mass is 355 g/mol. The second-order valence-electron chi connectivity index (χ2n) is 4.19. The van der Waals surface area contributed by atoms with Crippen molar-refractivity contribution in [3.05, 3.63) is 38.1 Å². The van der Waals surface area contributed by atoms with Crippen molar-refractivity contribution in [2.75, 3.05) is 0 Å². The first-order valence-electron chi connectivity index (χ1n) is 5.72. The maximum absolute atomic E-state index is 11.8. The SMILES string of the molecule is Cc1nn(Cc2nc(-c3cc(Br)cs3)no2)c(=O)n1C. The Morgan fingerprint density at radius 3 is 2.90 bits per heavy atom. The lowest BCUT2D eigenvalue weighted by Gasteiger charge is -1.91. The lowest BCUT2D eigenvalue weighted by Crippen LogP contribution is -2.23. The summed E-state index contributed by atoms with van der Waals surface area (Å²) in [6.07, 6.45) is 0. The highest BCUT2D eigenvalue weighted by Crippen LogP contribution is 2.27. The molecule has 3 rings (SSSR count). The lowest BCUT2D eigenvalue weighted by atomic mass is 10.4. The molecule has 0 spiro atoms. The zero-order chi connectivity index (χ0) is 14.3. The van der Waals surface area contributed by atoms with Crippen LogP contribution in [0.3, 0.4) is 0 Å². The van der Waals surface area contributed by atoms with Crippen LogP contribution in [-0.4, -0.2) is 24.5 Å². The second kappa shape index (κ2) is 4.98. The van der Waals surface area contributed by atoms with Crippen LogP contribution in [0.4, 0.5) is 0 Å². The maximum atomic E-state index is 11.8. The number of nitrogens with zero attached hydrogens (tertiary/aromatic N) is 5. The van der Waals surface area contributed by atoms with Crippen molar-refractivity contribution in [1.29, 1.82) is 0 Å². The van der Waals surface area contributed by atoms with E-state index in [1.54, 1.807) is 14.0 Å². The van der Waals surface area contributed by atoms with Gasteiger partial charge in [0.15, 0.2) is 0 Å². The molecule has 0 fully saturated rings. The Balaban J connectivity index is 1.87. The van der Waals surface area contributed by atoms with Crippen LogP contribution < -0.4 is 5.69 Å². The van der Waals surface area contributed by atoms with E-state index < -0.39 is 0 Å². The molecular weight excluding hydrogens is 346 g/mol. The summed E-state index contributed by atoms with van der Waals surface area (Å²) >= 11 is 4.89. The molecule has 104 valence electrons. The van der Waals surface area contributed by atoms with Crippen molar-refractivity contribution in [3.63, 3.8) is 0 Å². The van der Waals surface area contributed by atoms with Gasteiger partial charge in [0.1, 0.15) is 12.4 Å². The lowest BCUT2D eigenvalue weighted by molar-refractivity contribution is 0.363. The molecule has 3 heterocycles. The summed E-state index contributed by atoms with van der Waals surface area (Å²) in [5.41, 5.74) is -0.207. The standard InChI is InChI=1S/C11H10BrN5O2S/c1-6-14-17(11(18)16(6)2)4-9-13-10(15-19-9)8-3-7(12)5-20-8/h3,5H,4H2,1-2H3. The topological polar surface area (TPSA) is 78.7 Å². The van der Waals surface area contributed by atoms with Crippen LogP contribution >= 0.6 is 27.3 Å². The Hall–Kier alpha value is -1.74. The molecule has 0 bridgehead atoms. The fourth-order valence-electron chi connectivity index (χ4n) is 1.68. The number of halogens is 1. The fraction of sp³-hybridized carbons (Fsp3) is 0.273.